The summed E-state index contributed by atoms with van der Waals surface area (Å²) in [4.78, 5) is 18.0. The van der Waals surface area contributed by atoms with E-state index < -0.39 is 0 Å². The van der Waals surface area contributed by atoms with Crippen LogP contribution in [-0.2, 0) is 12.0 Å². The molecule has 0 aliphatic rings. The molecule has 0 saturated heterocycles. The van der Waals surface area contributed by atoms with Crippen molar-refractivity contribution in [3.63, 3.8) is 0 Å². The van der Waals surface area contributed by atoms with Crippen LogP contribution in [0.15, 0.2) is 59.8 Å². The number of anilines is 1. The minimum absolute atomic E-state index is 0.0971. The fraction of sp³-hybridized carbons (Fsp3) is 0.385. The van der Waals surface area contributed by atoms with Crippen LogP contribution < -0.4 is 10.6 Å². The molecule has 2 N–H and O–H groups in total. The van der Waals surface area contributed by atoms with E-state index in [2.05, 4.69) is 68.4 Å². The number of nitrogens with zero attached hydrogens (tertiary/aromatic N) is 1. The summed E-state index contributed by atoms with van der Waals surface area (Å²) in [6.45, 7) is 11.7. The first kappa shape index (κ1) is 23.1. The Morgan fingerprint density at radius 1 is 1.13 bits per heavy atom. The Hall–Kier alpha value is -2.53. The highest BCUT2D eigenvalue weighted by atomic mass is 32.2. The molecule has 0 bridgehead atoms. The van der Waals surface area contributed by atoms with Gasteiger partial charge in [0.2, 0.25) is 0 Å². The lowest BCUT2D eigenvalue weighted by molar-refractivity contribution is 0.251. The highest BCUT2D eigenvalue weighted by molar-refractivity contribution is 7.99. The molecule has 31 heavy (non-hydrogen) atoms. The van der Waals surface area contributed by atoms with E-state index in [0.717, 1.165) is 27.8 Å². The number of thioether (sulfide) groups is 1. The normalized spacial score (nSPS) is 11.7. The molecule has 0 unspecified atom stereocenters. The van der Waals surface area contributed by atoms with Crippen molar-refractivity contribution in [3.8, 4) is 0 Å². The molecule has 0 atom stereocenters. The molecule has 164 valence electrons. The van der Waals surface area contributed by atoms with E-state index in [-0.39, 0.29) is 11.4 Å². The summed E-state index contributed by atoms with van der Waals surface area (Å²) in [5.41, 5.74) is 3.35. The Balaban J connectivity index is 1.71. The van der Waals surface area contributed by atoms with Crippen LogP contribution in [0.5, 0.6) is 0 Å². The van der Waals surface area contributed by atoms with Gasteiger partial charge in [-0.2, -0.15) is 0 Å². The second kappa shape index (κ2) is 10.2. The summed E-state index contributed by atoms with van der Waals surface area (Å²) in [5, 5.41) is 8.00. The van der Waals surface area contributed by atoms with Gasteiger partial charge in [0.05, 0.1) is 5.69 Å². The zero-order chi connectivity index (χ0) is 22.4. The maximum atomic E-state index is 12.6. The van der Waals surface area contributed by atoms with Crippen molar-refractivity contribution in [2.24, 2.45) is 5.92 Å². The van der Waals surface area contributed by atoms with Crippen molar-refractivity contribution in [2.75, 3.05) is 11.1 Å². The third-order valence-corrected chi connectivity index (χ3v) is 6.39. The fourth-order valence-corrected chi connectivity index (χ4v) is 4.62. The van der Waals surface area contributed by atoms with Crippen LogP contribution in [0.3, 0.4) is 0 Å². The van der Waals surface area contributed by atoms with Crippen molar-refractivity contribution >= 4 is 34.3 Å². The van der Waals surface area contributed by atoms with E-state index in [9.17, 15) is 4.79 Å². The molecular weight excluding hydrogens is 402 g/mol. The Morgan fingerprint density at radius 3 is 2.68 bits per heavy atom. The first-order valence-corrected chi connectivity index (χ1v) is 11.9. The van der Waals surface area contributed by atoms with Crippen molar-refractivity contribution in [1.29, 1.82) is 0 Å². The number of hydrogen-bond donors (Lipinski definition) is 2. The molecule has 0 saturated carbocycles. The number of rotatable bonds is 7. The van der Waals surface area contributed by atoms with Gasteiger partial charge >= 0.3 is 6.03 Å². The van der Waals surface area contributed by atoms with Gasteiger partial charge in [0.1, 0.15) is 0 Å². The molecule has 3 aromatic rings. The minimum atomic E-state index is -0.206. The third kappa shape index (κ3) is 6.47. The topological polar surface area (TPSA) is 54.0 Å². The number of fused-ring (bicyclic) bond motifs is 1. The van der Waals surface area contributed by atoms with Crippen molar-refractivity contribution in [3.05, 3.63) is 66.0 Å². The SMILES string of the molecule is CC(C)CCSc1cc(C(C)(C)C)ccc1CNC(=O)Nc1cccc2cnccc12. The van der Waals surface area contributed by atoms with Crippen LogP contribution in [0.2, 0.25) is 0 Å². The lowest BCUT2D eigenvalue weighted by Crippen LogP contribution is -2.28. The second-order valence-electron chi connectivity index (χ2n) is 9.31. The zero-order valence-electron chi connectivity index (χ0n) is 19.2. The van der Waals surface area contributed by atoms with Gasteiger partial charge < -0.3 is 10.6 Å². The summed E-state index contributed by atoms with van der Waals surface area (Å²) in [5.74, 6) is 1.76. The molecule has 0 aliphatic carbocycles. The number of carbonyl (C=O) groups is 1. The first-order valence-electron chi connectivity index (χ1n) is 10.9. The summed E-state index contributed by atoms with van der Waals surface area (Å²) >= 11 is 1.88. The molecule has 0 radical (unpaired) electrons. The van der Waals surface area contributed by atoms with E-state index >= 15 is 0 Å². The second-order valence-corrected chi connectivity index (χ2v) is 10.5. The quantitative estimate of drug-likeness (QED) is 0.393. The number of benzene rings is 2. The number of aromatic nitrogens is 1. The predicted molar refractivity (Wildman–Crippen MR) is 133 cm³/mol. The van der Waals surface area contributed by atoms with Gasteiger partial charge in [0, 0.05) is 34.6 Å². The van der Waals surface area contributed by atoms with E-state index in [4.69, 9.17) is 0 Å². The average molecular weight is 436 g/mol. The lowest BCUT2D eigenvalue weighted by Gasteiger charge is -2.21. The third-order valence-electron chi connectivity index (χ3n) is 5.25. The summed E-state index contributed by atoms with van der Waals surface area (Å²) in [6, 6.07) is 14.2. The number of urea groups is 1. The molecule has 2 amide bonds. The van der Waals surface area contributed by atoms with Crippen LogP contribution >= 0.6 is 11.8 Å². The van der Waals surface area contributed by atoms with Crippen molar-refractivity contribution < 1.29 is 4.79 Å². The summed E-state index contributed by atoms with van der Waals surface area (Å²) in [7, 11) is 0. The zero-order valence-corrected chi connectivity index (χ0v) is 20.0. The highest BCUT2D eigenvalue weighted by Gasteiger charge is 2.16. The largest absolute Gasteiger partial charge is 0.334 e. The Bertz CT molecular complexity index is 1030. The van der Waals surface area contributed by atoms with Crippen LogP contribution in [0.1, 0.15) is 52.2 Å². The van der Waals surface area contributed by atoms with Gasteiger partial charge in [0.25, 0.3) is 0 Å². The van der Waals surface area contributed by atoms with Gasteiger partial charge in [-0.05, 0) is 52.8 Å². The van der Waals surface area contributed by atoms with Crippen LogP contribution in [0, 0.1) is 5.92 Å². The molecule has 0 aliphatic heterocycles. The number of hydrogen-bond acceptors (Lipinski definition) is 3. The molecule has 1 aromatic heterocycles. The number of pyridine rings is 1. The van der Waals surface area contributed by atoms with E-state index in [1.807, 2.05) is 36.0 Å². The molecule has 4 nitrogen and oxygen atoms in total. The first-order chi connectivity index (χ1) is 14.7. The Kier molecular flexibility index (Phi) is 7.60. The molecule has 2 aromatic carbocycles. The molecule has 5 heteroatoms. The minimum Gasteiger partial charge on any atom is -0.334 e. The Labute approximate surface area is 190 Å². The fourth-order valence-electron chi connectivity index (χ4n) is 3.28. The van der Waals surface area contributed by atoms with Crippen molar-refractivity contribution in [1.82, 2.24) is 10.3 Å². The number of amides is 2. The highest BCUT2D eigenvalue weighted by Crippen LogP contribution is 2.31. The van der Waals surface area contributed by atoms with Crippen LogP contribution in [0.25, 0.3) is 10.8 Å². The van der Waals surface area contributed by atoms with Gasteiger partial charge in [-0.3, -0.25) is 4.98 Å². The van der Waals surface area contributed by atoms with Crippen LogP contribution in [0.4, 0.5) is 10.5 Å². The maximum absolute atomic E-state index is 12.6. The number of nitrogens with one attached hydrogen (secondary N) is 2. The lowest BCUT2D eigenvalue weighted by atomic mass is 9.86. The number of carbonyl (C=O) groups excluding carboxylic acids is 1. The van der Waals surface area contributed by atoms with Gasteiger partial charge in [-0.25, -0.2) is 4.79 Å². The monoisotopic (exact) mass is 435 g/mol. The smallest absolute Gasteiger partial charge is 0.319 e. The van der Waals surface area contributed by atoms with Gasteiger partial charge in [-0.1, -0.05) is 58.9 Å². The average Bonchev–Trinajstić information content (AvgIpc) is 2.72. The van der Waals surface area contributed by atoms with Gasteiger partial charge in [0.15, 0.2) is 0 Å². The summed E-state index contributed by atoms with van der Waals surface area (Å²) in [6.07, 6.45) is 4.71. The summed E-state index contributed by atoms with van der Waals surface area (Å²) < 4.78 is 0. The standard InChI is InChI=1S/C26H33N3OS/c1-18(2)12-14-31-24-15-21(26(3,4)5)10-9-20(24)17-28-25(30)29-23-8-6-7-19-16-27-13-11-22(19)23/h6-11,13,15-16,18H,12,14,17H2,1-5H3,(H2,28,29,30). The van der Waals surface area contributed by atoms with Gasteiger partial charge in [-0.15, -0.1) is 11.8 Å². The molecule has 0 spiro atoms. The maximum Gasteiger partial charge on any atom is 0.319 e. The predicted octanol–water partition coefficient (Wildman–Crippen LogP) is 6.99. The molecule has 3 rings (SSSR count). The van der Waals surface area contributed by atoms with Crippen LogP contribution in [-0.4, -0.2) is 16.8 Å². The van der Waals surface area contributed by atoms with E-state index in [1.54, 1.807) is 12.4 Å². The molecular formula is C26H33N3OS. The van der Waals surface area contributed by atoms with E-state index in [0.29, 0.717) is 12.5 Å². The Morgan fingerprint density at radius 2 is 1.94 bits per heavy atom. The van der Waals surface area contributed by atoms with Crippen molar-refractivity contribution in [2.45, 2.75) is 57.9 Å². The molecule has 0 fully saturated rings. The van der Waals surface area contributed by atoms with E-state index in [1.165, 1.54) is 16.9 Å². The molecule has 1 heterocycles.